The van der Waals surface area contributed by atoms with E-state index in [-0.39, 0.29) is 24.9 Å². The van der Waals surface area contributed by atoms with Crippen LogP contribution in [0.3, 0.4) is 0 Å². The van der Waals surface area contributed by atoms with Crippen LogP contribution in [0.15, 0.2) is 11.3 Å². The summed E-state index contributed by atoms with van der Waals surface area (Å²) in [6, 6.07) is 0. The molecular formula is C19H29NO5. The van der Waals surface area contributed by atoms with Gasteiger partial charge in [0.05, 0.1) is 25.0 Å². The second kappa shape index (κ2) is 9.81. The Morgan fingerprint density at radius 2 is 2.16 bits per heavy atom. The Labute approximate surface area is 149 Å². The largest absolute Gasteiger partial charge is 0.481 e. The molecule has 0 aromatic carbocycles. The Morgan fingerprint density at radius 3 is 2.88 bits per heavy atom. The van der Waals surface area contributed by atoms with Gasteiger partial charge in [-0.2, -0.15) is 0 Å². The van der Waals surface area contributed by atoms with Gasteiger partial charge in [0.15, 0.2) is 0 Å². The fourth-order valence-corrected chi connectivity index (χ4v) is 3.42. The van der Waals surface area contributed by atoms with Crippen molar-refractivity contribution < 1.29 is 25.0 Å². The maximum atomic E-state index is 10.4. The molecule has 1 fully saturated rings. The summed E-state index contributed by atoms with van der Waals surface area (Å²) in [5.74, 6) is 5.16. The third-order valence-corrected chi connectivity index (χ3v) is 4.90. The van der Waals surface area contributed by atoms with Gasteiger partial charge in [0.2, 0.25) is 0 Å². The summed E-state index contributed by atoms with van der Waals surface area (Å²) in [7, 11) is 0. The van der Waals surface area contributed by atoms with Gasteiger partial charge < -0.3 is 15.3 Å². The minimum Gasteiger partial charge on any atom is -0.481 e. The standard InChI is InChI=1S/C19H29NO5/c1-2-3-4-5-6-13(21)7-8-14-15-11-17(16(15)12-18(14)22)20-25-10-9-19(23)24/h13-15,18,20-22H,2-6,9-12H2,1H3,(H,23,24). The van der Waals surface area contributed by atoms with E-state index in [4.69, 9.17) is 9.94 Å². The molecule has 1 saturated carbocycles. The van der Waals surface area contributed by atoms with E-state index in [2.05, 4.69) is 24.2 Å². The molecule has 0 saturated heterocycles. The van der Waals surface area contributed by atoms with Crippen molar-refractivity contribution in [3.8, 4) is 11.8 Å². The summed E-state index contributed by atoms with van der Waals surface area (Å²) in [6.07, 6.45) is 5.25. The van der Waals surface area contributed by atoms with Crippen molar-refractivity contribution in [2.45, 2.75) is 70.5 Å². The zero-order chi connectivity index (χ0) is 18.2. The number of rotatable bonds is 10. The van der Waals surface area contributed by atoms with Crippen LogP contribution in [-0.4, -0.2) is 40.1 Å². The zero-order valence-corrected chi connectivity index (χ0v) is 14.8. The van der Waals surface area contributed by atoms with Crippen LogP contribution in [0, 0.1) is 23.7 Å². The van der Waals surface area contributed by atoms with Crippen molar-refractivity contribution in [1.29, 1.82) is 0 Å². The molecule has 0 spiro atoms. The molecule has 6 heteroatoms. The summed E-state index contributed by atoms with van der Waals surface area (Å²) in [4.78, 5) is 15.6. The third kappa shape index (κ3) is 5.74. The fraction of sp³-hybridized carbons (Fsp3) is 0.737. The first-order chi connectivity index (χ1) is 12.0. The van der Waals surface area contributed by atoms with Gasteiger partial charge in [0, 0.05) is 11.6 Å². The Hall–Kier alpha value is -1.55. The van der Waals surface area contributed by atoms with E-state index in [1.54, 1.807) is 0 Å². The number of fused-ring (bicyclic) bond motifs is 1. The van der Waals surface area contributed by atoms with Crippen LogP contribution in [0.1, 0.15) is 58.3 Å². The lowest BCUT2D eigenvalue weighted by Crippen LogP contribution is -2.30. The van der Waals surface area contributed by atoms with Gasteiger partial charge >= 0.3 is 5.97 Å². The highest BCUT2D eigenvalue weighted by Gasteiger charge is 2.45. The molecule has 25 heavy (non-hydrogen) atoms. The highest BCUT2D eigenvalue weighted by Crippen LogP contribution is 2.48. The summed E-state index contributed by atoms with van der Waals surface area (Å²) in [5.41, 5.74) is 4.84. The van der Waals surface area contributed by atoms with Gasteiger partial charge in [0.25, 0.3) is 0 Å². The number of carbonyl (C=O) groups is 1. The molecule has 0 aromatic heterocycles. The topological polar surface area (TPSA) is 99.0 Å². The maximum absolute atomic E-state index is 10.4. The number of aliphatic hydroxyl groups is 2. The van der Waals surface area contributed by atoms with Crippen molar-refractivity contribution in [1.82, 2.24) is 5.48 Å². The number of aliphatic hydroxyl groups excluding tert-OH is 2. The van der Waals surface area contributed by atoms with Crippen molar-refractivity contribution >= 4 is 5.97 Å². The Kier molecular flexibility index (Phi) is 7.76. The van der Waals surface area contributed by atoms with Gasteiger partial charge in [-0.15, -0.1) is 0 Å². The number of aliphatic carboxylic acids is 1. The molecule has 6 nitrogen and oxygen atoms in total. The molecule has 0 bridgehead atoms. The fourth-order valence-electron chi connectivity index (χ4n) is 3.42. The number of hydroxylamine groups is 1. The van der Waals surface area contributed by atoms with Crippen LogP contribution >= 0.6 is 0 Å². The van der Waals surface area contributed by atoms with Crippen LogP contribution in [0.4, 0.5) is 0 Å². The molecule has 0 aromatic rings. The molecule has 4 N–H and O–H groups in total. The highest BCUT2D eigenvalue weighted by molar-refractivity contribution is 5.66. The molecule has 2 aliphatic rings. The molecule has 2 aliphatic carbocycles. The van der Waals surface area contributed by atoms with Crippen LogP contribution < -0.4 is 5.48 Å². The van der Waals surface area contributed by atoms with E-state index in [1.807, 2.05) is 0 Å². The summed E-state index contributed by atoms with van der Waals surface area (Å²) >= 11 is 0. The van der Waals surface area contributed by atoms with E-state index < -0.39 is 18.2 Å². The molecule has 4 unspecified atom stereocenters. The quantitative estimate of drug-likeness (QED) is 0.273. The number of allylic oxidation sites excluding steroid dienone is 1. The number of nitrogens with one attached hydrogen (secondary N) is 1. The van der Waals surface area contributed by atoms with Crippen LogP contribution in [-0.2, 0) is 9.63 Å². The smallest absolute Gasteiger partial charge is 0.305 e. The monoisotopic (exact) mass is 351 g/mol. The minimum atomic E-state index is -0.897. The molecular weight excluding hydrogens is 322 g/mol. The number of carboxylic acid groups (broad SMARTS) is 1. The second-order valence-corrected chi connectivity index (χ2v) is 6.86. The van der Waals surface area contributed by atoms with E-state index in [0.29, 0.717) is 12.8 Å². The van der Waals surface area contributed by atoms with Gasteiger partial charge in [-0.05, 0) is 31.3 Å². The number of hydrogen-bond acceptors (Lipinski definition) is 5. The summed E-state index contributed by atoms with van der Waals surface area (Å²) in [5, 5.41) is 28.7. The van der Waals surface area contributed by atoms with Gasteiger partial charge in [-0.1, -0.05) is 38.0 Å². The van der Waals surface area contributed by atoms with Gasteiger partial charge in [-0.3, -0.25) is 15.1 Å². The van der Waals surface area contributed by atoms with Crippen molar-refractivity contribution in [2.24, 2.45) is 11.8 Å². The van der Waals surface area contributed by atoms with Crippen LogP contribution in [0.5, 0.6) is 0 Å². The van der Waals surface area contributed by atoms with Crippen molar-refractivity contribution in [2.75, 3.05) is 6.61 Å². The SMILES string of the molecule is CCCCCCC(O)C#CC1C(O)CC2=C(NOCCC(=O)O)CC21. The summed E-state index contributed by atoms with van der Waals surface area (Å²) < 4.78 is 0. The number of hydrogen-bond donors (Lipinski definition) is 4. The van der Waals surface area contributed by atoms with E-state index in [9.17, 15) is 15.0 Å². The van der Waals surface area contributed by atoms with Crippen LogP contribution in [0.2, 0.25) is 0 Å². The number of carboxylic acids is 1. The van der Waals surface area contributed by atoms with Crippen molar-refractivity contribution in [3.05, 3.63) is 11.3 Å². The van der Waals surface area contributed by atoms with Gasteiger partial charge in [-0.25, -0.2) is 0 Å². The minimum absolute atomic E-state index is 0.0497. The maximum Gasteiger partial charge on any atom is 0.305 e. The van der Waals surface area contributed by atoms with E-state index >= 15 is 0 Å². The first-order valence-corrected chi connectivity index (χ1v) is 9.21. The molecule has 0 heterocycles. The number of unbranched alkanes of at least 4 members (excludes halogenated alkanes) is 3. The molecule has 0 amide bonds. The predicted molar refractivity (Wildman–Crippen MR) is 93.1 cm³/mol. The normalized spacial score (nSPS) is 25.6. The van der Waals surface area contributed by atoms with E-state index in [1.165, 1.54) is 12.8 Å². The average molecular weight is 351 g/mol. The highest BCUT2D eigenvalue weighted by atomic mass is 16.6. The molecule has 2 rings (SSSR count). The molecule has 140 valence electrons. The third-order valence-electron chi connectivity index (χ3n) is 4.90. The predicted octanol–water partition coefficient (Wildman–Crippen LogP) is 1.97. The first kappa shape index (κ1) is 19.8. The van der Waals surface area contributed by atoms with Crippen LogP contribution in [0.25, 0.3) is 0 Å². The lowest BCUT2D eigenvalue weighted by molar-refractivity contribution is -0.138. The van der Waals surface area contributed by atoms with E-state index in [0.717, 1.165) is 30.5 Å². The van der Waals surface area contributed by atoms with Gasteiger partial charge in [0.1, 0.15) is 6.10 Å². The lowest BCUT2D eigenvalue weighted by atomic mass is 9.79. The Bertz CT molecular complexity index is 548. The lowest BCUT2D eigenvalue weighted by Gasteiger charge is -2.30. The zero-order valence-electron chi connectivity index (χ0n) is 14.8. The molecule has 0 aliphatic heterocycles. The average Bonchev–Trinajstić information content (AvgIpc) is 2.80. The Morgan fingerprint density at radius 1 is 1.36 bits per heavy atom. The molecule has 4 atom stereocenters. The second-order valence-electron chi connectivity index (χ2n) is 6.86. The Balaban J connectivity index is 1.77. The van der Waals surface area contributed by atoms with Crippen molar-refractivity contribution in [3.63, 3.8) is 0 Å². The summed E-state index contributed by atoms with van der Waals surface area (Å²) in [6.45, 7) is 2.26. The first-order valence-electron chi connectivity index (χ1n) is 9.21. The molecule has 0 radical (unpaired) electrons.